The minimum Gasteiger partial charge on any atom is -0.490 e. The van der Waals surface area contributed by atoms with E-state index in [9.17, 15) is 4.39 Å². The summed E-state index contributed by atoms with van der Waals surface area (Å²) >= 11 is 1.54. The molecule has 21 heavy (non-hydrogen) atoms. The summed E-state index contributed by atoms with van der Waals surface area (Å²) in [5.41, 5.74) is 0.794. The van der Waals surface area contributed by atoms with Crippen LogP contribution < -0.4 is 4.74 Å². The van der Waals surface area contributed by atoms with Crippen molar-refractivity contribution in [1.82, 2.24) is 19.7 Å². The Morgan fingerprint density at radius 1 is 1.29 bits per heavy atom. The number of fused-ring (bicyclic) bond motifs is 1. The van der Waals surface area contributed by atoms with Gasteiger partial charge in [-0.05, 0) is 12.1 Å². The molecule has 0 fully saturated rings. The average molecular weight is 304 g/mol. The number of rotatable bonds is 5. The molecule has 0 saturated heterocycles. The molecular weight excluding hydrogens is 291 g/mol. The van der Waals surface area contributed by atoms with Crippen LogP contribution >= 0.6 is 11.8 Å². The van der Waals surface area contributed by atoms with Crippen LogP contribution in [0.4, 0.5) is 4.39 Å². The maximum absolute atomic E-state index is 13.4. The van der Waals surface area contributed by atoms with Crippen molar-refractivity contribution in [1.29, 1.82) is 0 Å². The van der Waals surface area contributed by atoms with Gasteiger partial charge >= 0.3 is 0 Å². The first-order valence-corrected chi connectivity index (χ1v) is 7.37. The first-order chi connectivity index (χ1) is 10.3. The van der Waals surface area contributed by atoms with E-state index in [0.717, 1.165) is 16.1 Å². The Balaban J connectivity index is 1.61. The quantitative estimate of drug-likeness (QED) is 0.412. The van der Waals surface area contributed by atoms with E-state index < -0.39 is 0 Å². The first kappa shape index (κ1) is 13.8. The Bertz CT molecular complexity index is 762. The van der Waals surface area contributed by atoms with Crippen LogP contribution in [-0.4, -0.2) is 32.1 Å². The smallest absolute Gasteiger partial charge is 0.165 e. The van der Waals surface area contributed by atoms with Gasteiger partial charge in [0.25, 0.3) is 0 Å². The molecule has 0 bridgehead atoms. The first-order valence-electron chi connectivity index (χ1n) is 6.38. The van der Waals surface area contributed by atoms with Gasteiger partial charge < -0.3 is 4.74 Å². The van der Waals surface area contributed by atoms with Crippen LogP contribution in [0.1, 0.15) is 0 Å². The van der Waals surface area contributed by atoms with Crippen molar-refractivity contribution >= 4 is 22.8 Å². The van der Waals surface area contributed by atoms with E-state index in [4.69, 9.17) is 4.74 Å². The molecule has 0 aliphatic heterocycles. The highest BCUT2D eigenvalue weighted by Gasteiger charge is 2.08. The van der Waals surface area contributed by atoms with E-state index in [1.165, 1.54) is 24.2 Å². The molecule has 0 atom stereocenters. The molecule has 0 N–H and O–H groups in total. The standard InChI is InChI=1S/C14H13FN4OS/c1-19-13-10(8-18-19)14(17-9-16-13)21-7-6-20-12-5-3-2-4-11(12)15/h2-5,8-9H,6-7H2,1H3. The summed E-state index contributed by atoms with van der Waals surface area (Å²) in [6, 6.07) is 6.38. The Morgan fingerprint density at radius 2 is 2.14 bits per heavy atom. The zero-order valence-electron chi connectivity index (χ0n) is 11.4. The second-order valence-electron chi connectivity index (χ2n) is 4.31. The van der Waals surface area contributed by atoms with E-state index in [0.29, 0.717) is 12.4 Å². The Labute approximate surface area is 125 Å². The third-order valence-corrected chi connectivity index (χ3v) is 3.88. The monoisotopic (exact) mass is 304 g/mol. The van der Waals surface area contributed by atoms with Crippen LogP contribution in [0.15, 0.2) is 41.8 Å². The molecule has 0 radical (unpaired) electrons. The molecule has 7 heteroatoms. The SMILES string of the molecule is Cn1ncc2c(SCCOc3ccccc3F)ncnc21. The van der Waals surface area contributed by atoms with Crippen molar-refractivity contribution < 1.29 is 9.13 Å². The van der Waals surface area contributed by atoms with Gasteiger partial charge in [-0.15, -0.1) is 11.8 Å². The van der Waals surface area contributed by atoms with Crippen molar-refractivity contribution in [3.63, 3.8) is 0 Å². The van der Waals surface area contributed by atoms with Crippen molar-refractivity contribution in [2.24, 2.45) is 7.05 Å². The fraction of sp³-hybridized carbons (Fsp3) is 0.214. The second-order valence-corrected chi connectivity index (χ2v) is 5.40. The van der Waals surface area contributed by atoms with Gasteiger partial charge in [-0.3, -0.25) is 4.68 Å². The highest BCUT2D eigenvalue weighted by Crippen LogP contribution is 2.24. The molecule has 0 unspecified atom stereocenters. The van der Waals surface area contributed by atoms with Gasteiger partial charge in [0.05, 0.1) is 18.2 Å². The third-order valence-electron chi connectivity index (χ3n) is 2.91. The van der Waals surface area contributed by atoms with E-state index in [-0.39, 0.29) is 11.6 Å². The Morgan fingerprint density at radius 3 is 3.00 bits per heavy atom. The highest BCUT2D eigenvalue weighted by atomic mass is 32.2. The van der Waals surface area contributed by atoms with Crippen LogP contribution in [0.3, 0.4) is 0 Å². The van der Waals surface area contributed by atoms with Crippen LogP contribution in [0.25, 0.3) is 11.0 Å². The Hall–Kier alpha value is -2.15. The van der Waals surface area contributed by atoms with Crippen molar-refractivity contribution in [3.8, 4) is 5.75 Å². The molecule has 0 aliphatic carbocycles. The number of ether oxygens (including phenoxy) is 1. The lowest BCUT2D eigenvalue weighted by molar-refractivity contribution is 0.325. The summed E-state index contributed by atoms with van der Waals surface area (Å²) in [5, 5.41) is 5.93. The molecule has 0 amide bonds. The van der Waals surface area contributed by atoms with Gasteiger partial charge in [0.2, 0.25) is 0 Å². The van der Waals surface area contributed by atoms with Crippen LogP contribution in [0.5, 0.6) is 5.75 Å². The van der Waals surface area contributed by atoms with Crippen molar-refractivity contribution in [2.75, 3.05) is 12.4 Å². The Kier molecular flexibility index (Phi) is 4.01. The molecule has 2 heterocycles. The van der Waals surface area contributed by atoms with E-state index >= 15 is 0 Å². The summed E-state index contributed by atoms with van der Waals surface area (Å²) in [7, 11) is 1.84. The van der Waals surface area contributed by atoms with Gasteiger partial charge in [0.1, 0.15) is 11.4 Å². The third kappa shape index (κ3) is 2.97. The maximum atomic E-state index is 13.4. The summed E-state index contributed by atoms with van der Waals surface area (Å²) < 4.78 is 20.5. The number of nitrogens with zero attached hydrogens (tertiary/aromatic N) is 4. The van der Waals surface area contributed by atoms with E-state index in [2.05, 4.69) is 15.1 Å². The lowest BCUT2D eigenvalue weighted by Crippen LogP contribution is -2.02. The fourth-order valence-electron chi connectivity index (χ4n) is 1.91. The van der Waals surface area contributed by atoms with Gasteiger partial charge in [0, 0.05) is 12.8 Å². The minimum atomic E-state index is -0.348. The largest absolute Gasteiger partial charge is 0.490 e. The molecule has 3 aromatic rings. The van der Waals surface area contributed by atoms with Gasteiger partial charge in [0.15, 0.2) is 17.2 Å². The number of aryl methyl sites for hydroxylation is 1. The minimum absolute atomic E-state index is 0.271. The molecule has 1 aromatic carbocycles. The number of aromatic nitrogens is 4. The maximum Gasteiger partial charge on any atom is 0.165 e. The zero-order chi connectivity index (χ0) is 14.7. The number of hydrogen-bond donors (Lipinski definition) is 0. The van der Waals surface area contributed by atoms with E-state index in [1.807, 2.05) is 7.05 Å². The van der Waals surface area contributed by atoms with E-state index in [1.54, 1.807) is 29.1 Å². The summed E-state index contributed by atoms with van der Waals surface area (Å²) in [6.07, 6.45) is 3.26. The highest BCUT2D eigenvalue weighted by molar-refractivity contribution is 7.99. The van der Waals surface area contributed by atoms with Crippen molar-refractivity contribution in [2.45, 2.75) is 5.03 Å². The number of benzene rings is 1. The summed E-state index contributed by atoms with van der Waals surface area (Å²) in [6.45, 7) is 0.400. The van der Waals surface area contributed by atoms with Crippen molar-refractivity contribution in [3.05, 3.63) is 42.6 Å². The predicted molar refractivity (Wildman–Crippen MR) is 78.9 cm³/mol. The topological polar surface area (TPSA) is 52.8 Å². The molecule has 108 valence electrons. The molecular formula is C14H13FN4OS. The molecule has 0 spiro atoms. The summed E-state index contributed by atoms with van der Waals surface area (Å²) in [5.74, 6) is 0.585. The van der Waals surface area contributed by atoms with Gasteiger partial charge in [-0.2, -0.15) is 5.10 Å². The fourth-order valence-corrected chi connectivity index (χ4v) is 2.69. The molecule has 2 aromatic heterocycles. The lowest BCUT2D eigenvalue weighted by atomic mass is 10.3. The van der Waals surface area contributed by atoms with Crippen LogP contribution in [0, 0.1) is 5.82 Å². The molecule has 5 nitrogen and oxygen atoms in total. The number of thioether (sulfide) groups is 1. The summed E-state index contributed by atoms with van der Waals surface area (Å²) in [4.78, 5) is 8.44. The normalized spacial score (nSPS) is 11.0. The predicted octanol–water partition coefficient (Wildman–Crippen LogP) is 2.67. The number of hydrogen-bond acceptors (Lipinski definition) is 5. The van der Waals surface area contributed by atoms with Crippen LogP contribution in [-0.2, 0) is 7.05 Å². The number of halogens is 1. The second kappa shape index (κ2) is 6.09. The zero-order valence-corrected chi connectivity index (χ0v) is 12.2. The molecule has 0 aliphatic rings. The van der Waals surface area contributed by atoms with Gasteiger partial charge in [-0.1, -0.05) is 12.1 Å². The average Bonchev–Trinajstić information content (AvgIpc) is 2.88. The van der Waals surface area contributed by atoms with Crippen LogP contribution in [0.2, 0.25) is 0 Å². The molecule has 0 saturated carbocycles. The molecule has 3 rings (SSSR count). The number of para-hydroxylation sites is 1. The lowest BCUT2D eigenvalue weighted by Gasteiger charge is -2.06. The van der Waals surface area contributed by atoms with Gasteiger partial charge in [-0.25, -0.2) is 14.4 Å².